The van der Waals surface area contributed by atoms with Crippen molar-refractivity contribution in [1.29, 1.82) is 0 Å². The number of anilines is 1. The Balaban J connectivity index is 1.54. The molecule has 1 aliphatic heterocycles. The number of rotatable bonds is 7. The quantitative estimate of drug-likeness (QED) is 0.661. The molecule has 0 aliphatic carbocycles. The molecule has 0 aromatic heterocycles. The van der Waals surface area contributed by atoms with Gasteiger partial charge in [-0.25, -0.2) is 17.5 Å². The Bertz CT molecular complexity index is 1060. The molecule has 1 atom stereocenters. The fraction of sp³-hybridized carbons (Fsp3) is 0.391. The molecule has 0 bridgehead atoms. The van der Waals surface area contributed by atoms with Crippen molar-refractivity contribution in [3.8, 4) is 0 Å². The highest BCUT2D eigenvalue weighted by Crippen LogP contribution is 2.22. The Labute approximate surface area is 188 Å². The summed E-state index contributed by atoms with van der Waals surface area (Å²) in [5, 5.41) is 2.82. The molecule has 1 aliphatic rings. The lowest BCUT2D eigenvalue weighted by atomic mass is 9.95. The summed E-state index contributed by atoms with van der Waals surface area (Å²) in [5.41, 5.74) is 0.807. The Morgan fingerprint density at radius 1 is 1.12 bits per heavy atom. The predicted molar refractivity (Wildman–Crippen MR) is 120 cm³/mol. The second-order valence-corrected chi connectivity index (χ2v) is 9.74. The molecule has 7 nitrogen and oxygen atoms in total. The largest absolute Gasteiger partial charge is 0.339 e. The third-order valence-electron chi connectivity index (χ3n) is 5.63. The number of amides is 2. The van der Waals surface area contributed by atoms with Crippen LogP contribution >= 0.6 is 0 Å². The predicted octanol–water partition coefficient (Wildman–Crippen LogP) is 3.39. The van der Waals surface area contributed by atoms with Gasteiger partial charge < -0.3 is 10.2 Å². The van der Waals surface area contributed by atoms with Crippen molar-refractivity contribution >= 4 is 27.5 Å². The first kappa shape index (κ1) is 23.9. The van der Waals surface area contributed by atoms with Gasteiger partial charge in [-0.2, -0.15) is 0 Å². The summed E-state index contributed by atoms with van der Waals surface area (Å²) >= 11 is 0. The summed E-state index contributed by atoms with van der Waals surface area (Å²) in [4.78, 5) is 26.9. The van der Waals surface area contributed by atoms with Gasteiger partial charge in [0.2, 0.25) is 15.9 Å². The molecule has 32 heavy (non-hydrogen) atoms. The molecule has 9 heteroatoms. The zero-order valence-corrected chi connectivity index (χ0v) is 19.0. The summed E-state index contributed by atoms with van der Waals surface area (Å²) in [5.74, 6) is -1.14. The van der Waals surface area contributed by atoms with Crippen LogP contribution in [0.3, 0.4) is 0 Å². The van der Waals surface area contributed by atoms with Crippen molar-refractivity contribution < 1.29 is 22.4 Å². The zero-order valence-electron chi connectivity index (χ0n) is 18.2. The number of carbonyl (C=O) groups is 2. The van der Waals surface area contributed by atoms with Crippen LogP contribution in [0.5, 0.6) is 0 Å². The maximum atomic E-state index is 13.4. The highest BCUT2D eigenvalue weighted by atomic mass is 32.2. The second kappa shape index (κ2) is 10.2. The van der Waals surface area contributed by atoms with Crippen molar-refractivity contribution in [2.75, 3.05) is 18.4 Å². The Morgan fingerprint density at radius 3 is 2.38 bits per heavy atom. The highest BCUT2D eigenvalue weighted by molar-refractivity contribution is 7.89. The van der Waals surface area contributed by atoms with E-state index in [0.29, 0.717) is 43.6 Å². The molecule has 1 unspecified atom stereocenters. The molecule has 2 aromatic carbocycles. The number of hydrogen-bond donors (Lipinski definition) is 2. The van der Waals surface area contributed by atoms with Crippen LogP contribution in [0.1, 0.15) is 43.5 Å². The molecule has 172 valence electrons. The van der Waals surface area contributed by atoms with Gasteiger partial charge in [0, 0.05) is 36.3 Å². The smallest absolute Gasteiger partial charge is 0.253 e. The third kappa shape index (κ3) is 5.92. The van der Waals surface area contributed by atoms with E-state index < -0.39 is 15.8 Å². The van der Waals surface area contributed by atoms with Gasteiger partial charge in [0.1, 0.15) is 5.82 Å². The minimum Gasteiger partial charge on any atom is -0.339 e. The number of nitrogens with one attached hydrogen (secondary N) is 2. The molecular formula is C23H28FN3O4S. The monoisotopic (exact) mass is 461 g/mol. The van der Waals surface area contributed by atoms with Crippen molar-refractivity contribution in [3.05, 3.63) is 59.9 Å². The van der Waals surface area contributed by atoms with Crippen LogP contribution in [0.25, 0.3) is 0 Å². The summed E-state index contributed by atoms with van der Waals surface area (Å²) in [6.45, 7) is 4.51. The number of likely N-dealkylation sites (tertiary alicyclic amines) is 1. The number of piperidine rings is 1. The maximum absolute atomic E-state index is 13.4. The van der Waals surface area contributed by atoms with E-state index in [0.717, 1.165) is 0 Å². The molecule has 1 saturated heterocycles. The molecule has 2 N–H and O–H groups in total. The molecule has 1 heterocycles. The van der Waals surface area contributed by atoms with Crippen LogP contribution in [0.15, 0.2) is 53.4 Å². The molecule has 0 radical (unpaired) electrons. The number of sulfonamides is 1. The Kier molecular flexibility index (Phi) is 7.63. The average Bonchev–Trinajstić information content (AvgIpc) is 2.78. The minimum absolute atomic E-state index is 0.139. The van der Waals surface area contributed by atoms with Crippen molar-refractivity contribution in [3.63, 3.8) is 0 Å². The lowest BCUT2D eigenvalue weighted by Gasteiger charge is -2.31. The van der Waals surface area contributed by atoms with Crippen LogP contribution in [0.2, 0.25) is 0 Å². The van der Waals surface area contributed by atoms with E-state index in [-0.39, 0.29) is 28.7 Å². The van der Waals surface area contributed by atoms with Crippen LogP contribution in [-0.2, 0) is 14.8 Å². The van der Waals surface area contributed by atoms with Gasteiger partial charge in [0.25, 0.3) is 5.91 Å². The SMILES string of the molecule is CCC(C)NS(=O)(=O)c1ccc(NC(=O)C2CCN(C(=O)c3cccc(F)c3)CC2)cc1. The van der Waals surface area contributed by atoms with E-state index in [2.05, 4.69) is 10.0 Å². The molecule has 0 spiro atoms. The maximum Gasteiger partial charge on any atom is 0.253 e. The van der Waals surface area contributed by atoms with Crippen molar-refractivity contribution in [1.82, 2.24) is 9.62 Å². The van der Waals surface area contributed by atoms with Gasteiger partial charge in [-0.15, -0.1) is 0 Å². The Morgan fingerprint density at radius 2 is 1.78 bits per heavy atom. The van der Waals surface area contributed by atoms with Crippen LogP contribution < -0.4 is 10.0 Å². The van der Waals surface area contributed by atoms with Crippen molar-refractivity contribution in [2.45, 2.75) is 44.0 Å². The first-order valence-corrected chi connectivity index (χ1v) is 12.2. The van der Waals surface area contributed by atoms with E-state index >= 15 is 0 Å². The van der Waals surface area contributed by atoms with E-state index in [9.17, 15) is 22.4 Å². The lowest BCUT2D eigenvalue weighted by Crippen LogP contribution is -2.41. The number of carbonyl (C=O) groups excluding carboxylic acids is 2. The van der Waals surface area contributed by atoms with E-state index in [1.807, 2.05) is 6.92 Å². The van der Waals surface area contributed by atoms with Gasteiger partial charge in [0.15, 0.2) is 0 Å². The summed E-state index contributed by atoms with van der Waals surface area (Å²) in [7, 11) is -3.60. The minimum atomic E-state index is -3.60. The number of halogens is 1. The molecule has 2 aromatic rings. The topological polar surface area (TPSA) is 95.6 Å². The van der Waals surface area contributed by atoms with Crippen molar-refractivity contribution in [2.24, 2.45) is 5.92 Å². The van der Waals surface area contributed by atoms with Gasteiger partial charge in [0.05, 0.1) is 4.90 Å². The van der Waals surface area contributed by atoms with Crippen LogP contribution in [0.4, 0.5) is 10.1 Å². The molecule has 0 saturated carbocycles. The number of benzene rings is 2. The van der Waals surface area contributed by atoms with E-state index in [4.69, 9.17) is 0 Å². The van der Waals surface area contributed by atoms with E-state index in [1.165, 1.54) is 30.3 Å². The molecule has 2 amide bonds. The van der Waals surface area contributed by atoms with Crippen LogP contribution in [0, 0.1) is 11.7 Å². The van der Waals surface area contributed by atoms with Crippen LogP contribution in [-0.4, -0.2) is 44.3 Å². The summed E-state index contributed by atoms with van der Waals surface area (Å²) in [6, 6.07) is 11.4. The fourth-order valence-corrected chi connectivity index (χ4v) is 4.85. The summed E-state index contributed by atoms with van der Waals surface area (Å²) in [6.07, 6.45) is 1.68. The standard InChI is InChI=1S/C23H28FN3O4S/c1-3-16(2)26-32(30,31)21-9-7-20(8-10-21)25-22(28)17-11-13-27(14-12-17)23(29)18-5-4-6-19(24)15-18/h4-10,15-17,26H,3,11-14H2,1-2H3,(H,25,28). The zero-order chi connectivity index (χ0) is 23.3. The second-order valence-electron chi connectivity index (χ2n) is 8.02. The first-order valence-electron chi connectivity index (χ1n) is 10.7. The van der Waals surface area contributed by atoms with Gasteiger partial charge in [-0.1, -0.05) is 13.0 Å². The summed E-state index contributed by atoms with van der Waals surface area (Å²) < 4.78 is 40.6. The van der Waals surface area contributed by atoms with Gasteiger partial charge >= 0.3 is 0 Å². The highest BCUT2D eigenvalue weighted by Gasteiger charge is 2.28. The molecule has 1 fully saturated rings. The third-order valence-corrected chi connectivity index (χ3v) is 7.23. The molecular weight excluding hydrogens is 433 g/mol. The normalized spacial score (nSPS) is 15.9. The number of hydrogen-bond acceptors (Lipinski definition) is 4. The van der Waals surface area contributed by atoms with E-state index in [1.54, 1.807) is 30.0 Å². The molecule has 3 rings (SSSR count). The Hall–Kier alpha value is -2.78. The first-order chi connectivity index (χ1) is 15.2. The fourth-order valence-electron chi connectivity index (χ4n) is 3.53. The lowest BCUT2D eigenvalue weighted by molar-refractivity contribution is -0.121. The van der Waals surface area contributed by atoms with Gasteiger partial charge in [-0.3, -0.25) is 9.59 Å². The number of nitrogens with zero attached hydrogens (tertiary/aromatic N) is 1. The van der Waals surface area contributed by atoms with Gasteiger partial charge in [-0.05, 0) is 68.7 Å². The average molecular weight is 462 g/mol.